The van der Waals surface area contributed by atoms with Gasteiger partial charge < -0.3 is 5.32 Å². The van der Waals surface area contributed by atoms with Gasteiger partial charge in [-0.25, -0.2) is 0 Å². The summed E-state index contributed by atoms with van der Waals surface area (Å²) in [6.07, 6.45) is 3.05. The van der Waals surface area contributed by atoms with E-state index in [1.54, 1.807) is 4.68 Å². The number of nitrogens with one attached hydrogen (secondary N) is 1. The molecule has 0 aromatic carbocycles. The van der Waals surface area contributed by atoms with Crippen molar-refractivity contribution in [3.8, 4) is 0 Å². The Balaban J connectivity index is 2.78. The Kier molecular flexibility index (Phi) is 4.96. The van der Waals surface area contributed by atoms with Gasteiger partial charge in [0.1, 0.15) is 5.15 Å². The molecule has 0 radical (unpaired) electrons. The lowest BCUT2D eigenvalue weighted by Crippen LogP contribution is -2.30. The van der Waals surface area contributed by atoms with Gasteiger partial charge in [-0.05, 0) is 26.6 Å². The maximum Gasteiger partial charge on any atom is 0.130 e. The van der Waals surface area contributed by atoms with Gasteiger partial charge >= 0.3 is 0 Å². The summed E-state index contributed by atoms with van der Waals surface area (Å²) in [7, 11) is 3.86. The summed E-state index contributed by atoms with van der Waals surface area (Å²) in [6.45, 7) is 2.01. The number of rotatable bonds is 5. The Bertz CT molecular complexity index is 325. The van der Waals surface area contributed by atoms with E-state index in [0.29, 0.717) is 6.04 Å². The molecule has 1 rings (SSSR count). The number of likely N-dealkylation sites (N-methyl/N-ethyl adjacent to an activating group) is 1. The molecule has 86 valence electrons. The molecule has 0 amide bonds. The predicted molar refractivity (Wildman–Crippen MR) is 67.9 cm³/mol. The van der Waals surface area contributed by atoms with Crippen molar-refractivity contribution in [2.24, 2.45) is 7.05 Å². The van der Waals surface area contributed by atoms with Crippen LogP contribution in [0.5, 0.6) is 0 Å². The smallest absolute Gasteiger partial charge is 0.130 e. The predicted octanol–water partition coefficient (Wildman–Crippen LogP) is 1.88. The Labute approximate surface area is 101 Å². The molecular weight excluding hydrogens is 230 g/mol. The Morgan fingerprint density at radius 2 is 2.27 bits per heavy atom. The van der Waals surface area contributed by atoms with Crippen LogP contribution in [0.2, 0.25) is 5.15 Å². The van der Waals surface area contributed by atoms with Gasteiger partial charge in [-0.2, -0.15) is 16.9 Å². The average Bonchev–Trinajstić information content (AvgIpc) is 2.44. The molecule has 1 heterocycles. The van der Waals surface area contributed by atoms with Crippen LogP contribution >= 0.6 is 23.4 Å². The lowest BCUT2D eigenvalue weighted by Gasteiger charge is -2.14. The van der Waals surface area contributed by atoms with Crippen LogP contribution in [0.25, 0.3) is 0 Å². The third-order valence-corrected chi connectivity index (χ3v) is 3.70. The number of aryl methyl sites for hydroxylation is 2. The van der Waals surface area contributed by atoms with Gasteiger partial charge in [0.15, 0.2) is 0 Å². The van der Waals surface area contributed by atoms with Crippen LogP contribution in [-0.4, -0.2) is 34.9 Å². The van der Waals surface area contributed by atoms with Crippen molar-refractivity contribution in [1.82, 2.24) is 15.1 Å². The molecule has 1 unspecified atom stereocenters. The summed E-state index contributed by atoms with van der Waals surface area (Å²) >= 11 is 8.02. The molecule has 0 bridgehead atoms. The minimum atomic E-state index is 0.459. The van der Waals surface area contributed by atoms with E-state index < -0.39 is 0 Å². The number of halogens is 1. The van der Waals surface area contributed by atoms with Gasteiger partial charge in [0.05, 0.1) is 5.69 Å². The standard InChI is InChI=1S/C10H18ClN3S/c1-7-9(10(11)14(3)13-7)5-8(12-2)6-15-4/h8,12H,5-6H2,1-4H3. The fraction of sp³-hybridized carbons (Fsp3) is 0.700. The molecular formula is C10H18ClN3S. The van der Waals surface area contributed by atoms with Crippen LogP contribution < -0.4 is 5.32 Å². The Hall–Kier alpha value is -0.190. The molecule has 0 fully saturated rings. The SMILES string of the molecule is CNC(CSC)Cc1c(C)nn(C)c1Cl. The van der Waals surface area contributed by atoms with E-state index in [-0.39, 0.29) is 0 Å². The van der Waals surface area contributed by atoms with Gasteiger partial charge in [-0.15, -0.1) is 0 Å². The summed E-state index contributed by atoms with van der Waals surface area (Å²) in [5.74, 6) is 1.08. The average molecular weight is 248 g/mol. The maximum absolute atomic E-state index is 6.18. The minimum Gasteiger partial charge on any atom is -0.316 e. The molecule has 0 spiro atoms. The summed E-state index contributed by atoms with van der Waals surface area (Å²) in [5.41, 5.74) is 2.19. The zero-order valence-electron chi connectivity index (χ0n) is 9.67. The maximum atomic E-state index is 6.18. The second-order valence-electron chi connectivity index (χ2n) is 3.62. The largest absolute Gasteiger partial charge is 0.316 e. The molecule has 1 aromatic rings. The highest BCUT2D eigenvalue weighted by molar-refractivity contribution is 7.98. The Morgan fingerprint density at radius 1 is 1.60 bits per heavy atom. The normalized spacial score (nSPS) is 13.1. The zero-order valence-corrected chi connectivity index (χ0v) is 11.2. The van der Waals surface area contributed by atoms with E-state index in [2.05, 4.69) is 16.7 Å². The first-order chi connectivity index (χ1) is 7.10. The molecule has 0 aliphatic heterocycles. The first-order valence-electron chi connectivity index (χ1n) is 4.94. The molecule has 3 nitrogen and oxygen atoms in total. The summed E-state index contributed by atoms with van der Waals surface area (Å²) in [5, 5.41) is 8.37. The van der Waals surface area contributed by atoms with E-state index in [9.17, 15) is 0 Å². The summed E-state index contributed by atoms with van der Waals surface area (Å²) < 4.78 is 1.73. The molecule has 5 heteroatoms. The van der Waals surface area contributed by atoms with Crippen LogP contribution in [0.1, 0.15) is 11.3 Å². The first-order valence-corrected chi connectivity index (χ1v) is 6.71. The molecule has 0 saturated carbocycles. The number of aromatic nitrogens is 2. The van der Waals surface area contributed by atoms with Gasteiger partial charge in [0.25, 0.3) is 0 Å². The van der Waals surface area contributed by atoms with E-state index >= 15 is 0 Å². The molecule has 0 aliphatic rings. The second-order valence-corrected chi connectivity index (χ2v) is 4.89. The topological polar surface area (TPSA) is 29.9 Å². The summed E-state index contributed by atoms with van der Waals surface area (Å²) in [6, 6.07) is 0.459. The van der Waals surface area contributed by atoms with Crippen molar-refractivity contribution in [1.29, 1.82) is 0 Å². The minimum absolute atomic E-state index is 0.459. The monoisotopic (exact) mass is 247 g/mol. The summed E-state index contributed by atoms with van der Waals surface area (Å²) in [4.78, 5) is 0. The third kappa shape index (κ3) is 3.13. The highest BCUT2D eigenvalue weighted by atomic mass is 35.5. The van der Waals surface area contributed by atoms with Gasteiger partial charge in [0, 0.05) is 24.4 Å². The van der Waals surface area contributed by atoms with E-state index in [0.717, 1.165) is 28.6 Å². The van der Waals surface area contributed by atoms with Crippen LogP contribution in [0, 0.1) is 6.92 Å². The number of thioether (sulfide) groups is 1. The Morgan fingerprint density at radius 3 is 2.67 bits per heavy atom. The first kappa shape index (κ1) is 12.9. The van der Waals surface area contributed by atoms with Crippen LogP contribution in [-0.2, 0) is 13.5 Å². The second kappa shape index (κ2) is 5.77. The number of hydrogen-bond acceptors (Lipinski definition) is 3. The van der Waals surface area contributed by atoms with Crippen molar-refractivity contribution in [3.05, 3.63) is 16.4 Å². The highest BCUT2D eigenvalue weighted by Crippen LogP contribution is 2.20. The molecule has 1 aromatic heterocycles. The quantitative estimate of drug-likeness (QED) is 0.862. The van der Waals surface area contributed by atoms with Crippen LogP contribution in [0.3, 0.4) is 0 Å². The van der Waals surface area contributed by atoms with Crippen molar-refractivity contribution in [3.63, 3.8) is 0 Å². The van der Waals surface area contributed by atoms with Crippen LogP contribution in [0.15, 0.2) is 0 Å². The van der Waals surface area contributed by atoms with Crippen molar-refractivity contribution in [2.75, 3.05) is 19.1 Å². The molecule has 1 N–H and O–H groups in total. The van der Waals surface area contributed by atoms with E-state index in [4.69, 9.17) is 11.6 Å². The molecule has 15 heavy (non-hydrogen) atoms. The number of nitrogens with zero attached hydrogens (tertiary/aromatic N) is 2. The fourth-order valence-electron chi connectivity index (χ4n) is 1.60. The van der Waals surface area contributed by atoms with Crippen LogP contribution in [0.4, 0.5) is 0 Å². The lowest BCUT2D eigenvalue weighted by atomic mass is 10.1. The zero-order chi connectivity index (χ0) is 11.4. The molecule has 0 aliphatic carbocycles. The lowest BCUT2D eigenvalue weighted by molar-refractivity contribution is 0.616. The third-order valence-electron chi connectivity index (χ3n) is 2.50. The molecule has 0 saturated heterocycles. The fourth-order valence-corrected chi connectivity index (χ4v) is 2.54. The van der Waals surface area contributed by atoms with E-state index in [1.165, 1.54) is 0 Å². The van der Waals surface area contributed by atoms with E-state index in [1.807, 2.05) is 32.8 Å². The van der Waals surface area contributed by atoms with Crippen molar-refractivity contribution in [2.45, 2.75) is 19.4 Å². The highest BCUT2D eigenvalue weighted by Gasteiger charge is 2.15. The number of hydrogen-bond donors (Lipinski definition) is 1. The van der Waals surface area contributed by atoms with Gasteiger partial charge in [0.2, 0.25) is 0 Å². The van der Waals surface area contributed by atoms with Crippen molar-refractivity contribution < 1.29 is 0 Å². The van der Waals surface area contributed by atoms with Gasteiger partial charge in [-0.3, -0.25) is 4.68 Å². The van der Waals surface area contributed by atoms with Crippen molar-refractivity contribution >= 4 is 23.4 Å². The van der Waals surface area contributed by atoms with Gasteiger partial charge in [-0.1, -0.05) is 11.6 Å². The molecule has 1 atom stereocenters.